The van der Waals surface area contributed by atoms with E-state index in [4.69, 9.17) is 4.42 Å². The predicted octanol–water partition coefficient (Wildman–Crippen LogP) is 3.57. The topological polar surface area (TPSA) is 81.7 Å². The molecule has 0 saturated heterocycles. The Bertz CT molecular complexity index is 1200. The van der Waals surface area contributed by atoms with Gasteiger partial charge in [-0.2, -0.15) is 0 Å². The van der Waals surface area contributed by atoms with E-state index >= 15 is 0 Å². The number of benzene rings is 1. The molecule has 4 heterocycles. The molecule has 26 heavy (non-hydrogen) atoms. The van der Waals surface area contributed by atoms with Crippen molar-refractivity contribution in [3.05, 3.63) is 73.2 Å². The molecule has 0 aliphatic heterocycles. The van der Waals surface area contributed by atoms with Crippen LogP contribution in [0.4, 0.5) is 5.82 Å². The third kappa shape index (κ3) is 2.46. The molecule has 0 saturated carbocycles. The normalized spacial score (nSPS) is 11.2. The number of imidazole rings is 1. The van der Waals surface area contributed by atoms with Crippen LogP contribution in [0.15, 0.2) is 72.1 Å². The van der Waals surface area contributed by atoms with E-state index in [1.807, 2.05) is 47.2 Å². The van der Waals surface area contributed by atoms with Gasteiger partial charge in [0.2, 0.25) is 0 Å². The lowest BCUT2D eigenvalue weighted by Crippen LogP contribution is -2.03. The van der Waals surface area contributed by atoms with Gasteiger partial charge in [0, 0.05) is 30.5 Å². The Balaban J connectivity index is 1.46. The van der Waals surface area contributed by atoms with Gasteiger partial charge in [-0.05, 0) is 29.8 Å². The highest BCUT2D eigenvalue weighted by atomic mass is 16.3. The minimum atomic E-state index is 0.591. The Morgan fingerprint density at radius 2 is 2.00 bits per heavy atom. The van der Waals surface area contributed by atoms with Crippen molar-refractivity contribution in [1.29, 1.82) is 0 Å². The average molecular weight is 342 g/mol. The molecule has 0 amide bonds. The fraction of sp³-hybridized carbons (Fsp3) is 0.0526. The van der Waals surface area contributed by atoms with Crippen LogP contribution in [-0.4, -0.2) is 24.5 Å². The molecule has 7 nitrogen and oxygen atoms in total. The summed E-state index contributed by atoms with van der Waals surface area (Å²) in [5.74, 6) is 1.49. The van der Waals surface area contributed by atoms with E-state index in [9.17, 15) is 0 Å². The molecular weight excluding hydrogens is 328 g/mol. The molecule has 0 unspecified atom stereocenters. The molecule has 1 N–H and O–H groups in total. The molecule has 0 bridgehead atoms. The number of pyridine rings is 1. The van der Waals surface area contributed by atoms with E-state index in [0.717, 1.165) is 27.9 Å². The summed E-state index contributed by atoms with van der Waals surface area (Å²) in [5, 5.41) is 4.33. The minimum absolute atomic E-state index is 0.591. The van der Waals surface area contributed by atoms with Crippen molar-refractivity contribution in [2.45, 2.75) is 6.54 Å². The summed E-state index contributed by atoms with van der Waals surface area (Å²) in [6.45, 7) is 0.591. The number of para-hydroxylation sites is 1. The molecule has 0 fully saturated rings. The molecule has 0 aliphatic carbocycles. The van der Waals surface area contributed by atoms with Crippen molar-refractivity contribution >= 4 is 27.9 Å². The summed E-state index contributed by atoms with van der Waals surface area (Å²) in [7, 11) is 0. The first-order chi connectivity index (χ1) is 12.9. The Morgan fingerprint density at radius 1 is 1.04 bits per heavy atom. The Kier molecular flexibility index (Phi) is 3.35. The molecule has 126 valence electrons. The summed E-state index contributed by atoms with van der Waals surface area (Å²) in [4.78, 5) is 17.1. The SMILES string of the molecule is c1ccc2c(c1)oc1c(NCc3ccnc(-n4ccnc4)c3)ncnc12. The van der Waals surface area contributed by atoms with Gasteiger partial charge in [-0.25, -0.2) is 19.9 Å². The third-order valence-electron chi connectivity index (χ3n) is 4.20. The Hall–Kier alpha value is -3.74. The van der Waals surface area contributed by atoms with Gasteiger partial charge >= 0.3 is 0 Å². The van der Waals surface area contributed by atoms with Crippen molar-refractivity contribution in [2.24, 2.45) is 0 Å². The Labute approximate surface area is 148 Å². The van der Waals surface area contributed by atoms with E-state index in [1.54, 1.807) is 25.0 Å². The van der Waals surface area contributed by atoms with E-state index < -0.39 is 0 Å². The van der Waals surface area contributed by atoms with Gasteiger partial charge in [-0.15, -0.1) is 0 Å². The summed E-state index contributed by atoms with van der Waals surface area (Å²) < 4.78 is 7.81. The second-order valence-electron chi connectivity index (χ2n) is 5.84. The summed E-state index contributed by atoms with van der Waals surface area (Å²) >= 11 is 0. The van der Waals surface area contributed by atoms with Crippen LogP contribution in [0.25, 0.3) is 27.9 Å². The summed E-state index contributed by atoms with van der Waals surface area (Å²) in [5.41, 5.74) is 3.36. The lowest BCUT2D eigenvalue weighted by atomic mass is 10.2. The zero-order valence-corrected chi connectivity index (χ0v) is 13.7. The van der Waals surface area contributed by atoms with Crippen LogP contribution < -0.4 is 5.32 Å². The van der Waals surface area contributed by atoms with Crippen molar-refractivity contribution < 1.29 is 4.42 Å². The number of nitrogens with zero attached hydrogens (tertiary/aromatic N) is 5. The highest BCUT2D eigenvalue weighted by Crippen LogP contribution is 2.30. The average Bonchev–Trinajstić information content (AvgIpc) is 3.35. The fourth-order valence-corrected chi connectivity index (χ4v) is 2.94. The van der Waals surface area contributed by atoms with Crippen LogP contribution in [-0.2, 0) is 6.54 Å². The smallest absolute Gasteiger partial charge is 0.196 e. The molecule has 4 aromatic heterocycles. The second-order valence-corrected chi connectivity index (χ2v) is 5.84. The standard InChI is InChI=1S/C19H14N6O/c1-2-4-15-14(3-1)17-18(26-15)19(24-11-23-17)22-10-13-5-6-21-16(9-13)25-8-7-20-12-25/h1-9,11-12H,10H2,(H,22,23,24). The van der Waals surface area contributed by atoms with Crippen LogP contribution in [0.2, 0.25) is 0 Å². The largest absolute Gasteiger partial charge is 0.450 e. The van der Waals surface area contributed by atoms with Gasteiger partial charge < -0.3 is 9.73 Å². The van der Waals surface area contributed by atoms with E-state index in [1.165, 1.54) is 0 Å². The number of aromatic nitrogens is 5. The van der Waals surface area contributed by atoms with Crippen LogP contribution in [0.5, 0.6) is 0 Å². The van der Waals surface area contributed by atoms with Gasteiger partial charge in [0.15, 0.2) is 11.4 Å². The highest BCUT2D eigenvalue weighted by molar-refractivity contribution is 6.05. The fourth-order valence-electron chi connectivity index (χ4n) is 2.94. The number of furan rings is 1. The summed E-state index contributed by atoms with van der Waals surface area (Å²) in [6, 6.07) is 11.8. The molecule has 0 aliphatic rings. The summed E-state index contributed by atoms with van der Waals surface area (Å²) in [6.07, 6.45) is 8.65. The molecule has 0 atom stereocenters. The molecule has 0 radical (unpaired) electrons. The number of anilines is 1. The zero-order chi connectivity index (χ0) is 17.3. The van der Waals surface area contributed by atoms with Crippen LogP contribution >= 0.6 is 0 Å². The van der Waals surface area contributed by atoms with Crippen LogP contribution in [0, 0.1) is 0 Å². The maximum atomic E-state index is 5.94. The van der Waals surface area contributed by atoms with Gasteiger partial charge in [0.25, 0.3) is 0 Å². The number of rotatable bonds is 4. The van der Waals surface area contributed by atoms with Crippen LogP contribution in [0.1, 0.15) is 5.56 Å². The molecular formula is C19H14N6O. The minimum Gasteiger partial charge on any atom is -0.450 e. The van der Waals surface area contributed by atoms with Crippen molar-refractivity contribution in [2.75, 3.05) is 5.32 Å². The number of fused-ring (bicyclic) bond motifs is 3. The van der Waals surface area contributed by atoms with Gasteiger partial charge in [-0.3, -0.25) is 4.57 Å². The first-order valence-electron chi connectivity index (χ1n) is 8.18. The lowest BCUT2D eigenvalue weighted by Gasteiger charge is -2.07. The molecule has 0 spiro atoms. The van der Waals surface area contributed by atoms with Crippen molar-refractivity contribution in [3.8, 4) is 5.82 Å². The third-order valence-corrected chi connectivity index (χ3v) is 4.20. The maximum Gasteiger partial charge on any atom is 0.196 e. The first-order valence-corrected chi connectivity index (χ1v) is 8.18. The number of hydrogen-bond donors (Lipinski definition) is 1. The van der Waals surface area contributed by atoms with E-state index in [2.05, 4.69) is 25.3 Å². The molecule has 5 rings (SSSR count). The van der Waals surface area contributed by atoms with Crippen molar-refractivity contribution in [3.63, 3.8) is 0 Å². The van der Waals surface area contributed by atoms with Crippen LogP contribution in [0.3, 0.4) is 0 Å². The highest BCUT2D eigenvalue weighted by Gasteiger charge is 2.12. The monoisotopic (exact) mass is 342 g/mol. The van der Waals surface area contributed by atoms with E-state index in [0.29, 0.717) is 17.9 Å². The van der Waals surface area contributed by atoms with Crippen molar-refractivity contribution in [1.82, 2.24) is 24.5 Å². The number of nitrogens with one attached hydrogen (secondary N) is 1. The number of hydrogen-bond acceptors (Lipinski definition) is 6. The predicted molar refractivity (Wildman–Crippen MR) is 98.0 cm³/mol. The van der Waals surface area contributed by atoms with Gasteiger partial charge in [0.05, 0.1) is 0 Å². The molecule has 1 aromatic carbocycles. The maximum absolute atomic E-state index is 5.94. The van der Waals surface area contributed by atoms with Gasteiger partial charge in [-0.1, -0.05) is 12.1 Å². The zero-order valence-electron chi connectivity index (χ0n) is 13.7. The molecule has 7 heteroatoms. The Morgan fingerprint density at radius 3 is 2.92 bits per heavy atom. The molecule has 5 aromatic rings. The first kappa shape index (κ1) is 14.6. The van der Waals surface area contributed by atoms with Gasteiger partial charge in [0.1, 0.15) is 29.6 Å². The lowest BCUT2D eigenvalue weighted by molar-refractivity contribution is 0.666. The quantitative estimate of drug-likeness (QED) is 0.538. The second kappa shape index (κ2) is 5.96. The van der Waals surface area contributed by atoms with E-state index in [-0.39, 0.29) is 0 Å².